The maximum Gasteiger partial charge on any atom is 0.389 e. The lowest BCUT2D eigenvalue weighted by atomic mass is 9.70. The molecule has 0 radical (unpaired) electrons. The first-order valence-corrected chi connectivity index (χ1v) is 6.08. The van der Waals surface area contributed by atoms with Gasteiger partial charge in [0.2, 0.25) is 0 Å². The van der Waals surface area contributed by atoms with Crippen LogP contribution in [0.5, 0.6) is 0 Å². The van der Waals surface area contributed by atoms with Crippen molar-refractivity contribution in [1.82, 2.24) is 0 Å². The summed E-state index contributed by atoms with van der Waals surface area (Å²) in [5, 5.41) is 9.96. The fourth-order valence-electron chi connectivity index (χ4n) is 2.54. The quantitative estimate of drug-likeness (QED) is 0.783. The van der Waals surface area contributed by atoms with Gasteiger partial charge >= 0.3 is 6.18 Å². The van der Waals surface area contributed by atoms with Crippen molar-refractivity contribution >= 4 is 0 Å². The van der Waals surface area contributed by atoms with Gasteiger partial charge in [0.05, 0.1) is 6.10 Å². The summed E-state index contributed by atoms with van der Waals surface area (Å²) in [7, 11) is 0. The molecule has 0 amide bonds. The van der Waals surface area contributed by atoms with Crippen LogP contribution in [-0.2, 0) is 0 Å². The van der Waals surface area contributed by atoms with Crippen molar-refractivity contribution in [3.8, 4) is 0 Å². The summed E-state index contributed by atoms with van der Waals surface area (Å²) < 4.78 is 35.9. The molecule has 0 spiro atoms. The highest BCUT2D eigenvalue weighted by Crippen LogP contribution is 2.40. The van der Waals surface area contributed by atoms with Gasteiger partial charge < -0.3 is 5.11 Å². The number of alkyl halides is 3. The van der Waals surface area contributed by atoms with Crippen LogP contribution in [0.3, 0.4) is 0 Å². The second-order valence-corrected chi connectivity index (χ2v) is 5.24. The summed E-state index contributed by atoms with van der Waals surface area (Å²) in [5.74, 6) is 0. The Kier molecular flexibility index (Phi) is 4.65. The third kappa shape index (κ3) is 4.32. The first kappa shape index (κ1) is 13.8. The number of aliphatic hydroxyl groups excluding tert-OH is 1. The Morgan fingerprint density at radius 1 is 1.19 bits per heavy atom. The van der Waals surface area contributed by atoms with Gasteiger partial charge in [-0.05, 0) is 31.1 Å². The molecule has 0 aliphatic heterocycles. The highest BCUT2D eigenvalue weighted by molar-refractivity contribution is 4.85. The molecule has 1 nitrogen and oxygen atoms in total. The Labute approximate surface area is 95.0 Å². The molecule has 1 fully saturated rings. The molecule has 0 aromatic heterocycles. The van der Waals surface area contributed by atoms with Crippen LogP contribution >= 0.6 is 0 Å². The van der Waals surface area contributed by atoms with Crippen molar-refractivity contribution in [2.45, 2.75) is 70.6 Å². The van der Waals surface area contributed by atoms with Crippen molar-refractivity contribution in [3.05, 3.63) is 0 Å². The van der Waals surface area contributed by atoms with Crippen molar-refractivity contribution in [1.29, 1.82) is 0 Å². The largest absolute Gasteiger partial charge is 0.393 e. The average Bonchev–Trinajstić information content (AvgIpc) is 2.16. The minimum atomic E-state index is -4.09. The van der Waals surface area contributed by atoms with Crippen LogP contribution in [0.15, 0.2) is 0 Å². The molecule has 1 aliphatic carbocycles. The first-order valence-electron chi connectivity index (χ1n) is 6.08. The summed E-state index contributed by atoms with van der Waals surface area (Å²) in [4.78, 5) is 0. The molecule has 0 aromatic carbocycles. The first-order chi connectivity index (χ1) is 7.33. The van der Waals surface area contributed by atoms with E-state index in [0.717, 1.165) is 25.7 Å². The minimum Gasteiger partial charge on any atom is -0.393 e. The van der Waals surface area contributed by atoms with Crippen LogP contribution in [0.1, 0.15) is 58.3 Å². The molecule has 1 N–H and O–H groups in total. The van der Waals surface area contributed by atoms with E-state index in [9.17, 15) is 18.3 Å². The van der Waals surface area contributed by atoms with Crippen molar-refractivity contribution in [3.63, 3.8) is 0 Å². The molecular formula is C12H21F3O. The summed E-state index contributed by atoms with van der Waals surface area (Å²) in [6.45, 7) is 2.00. The summed E-state index contributed by atoms with van der Waals surface area (Å²) in [6.07, 6.45) is 0.129. The predicted octanol–water partition coefficient (Wildman–Crippen LogP) is 4.05. The highest BCUT2D eigenvalue weighted by Gasteiger charge is 2.35. The number of aliphatic hydroxyl groups is 1. The van der Waals surface area contributed by atoms with Gasteiger partial charge in [-0.15, -0.1) is 0 Å². The van der Waals surface area contributed by atoms with Crippen LogP contribution in [0.4, 0.5) is 13.2 Å². The maximum absolute atomic E-state index is 12.0. The van der Waals surface area contributed by atoms with E-state index < -0.39 is 18.7 Å². The van der Waals surface area contributed by atoms with E-state index in [0.29, 0.717) is 0 Å². The number of hydrogen-bond acceptors (Lipinski definition) is 1. The zero-order valence-electron chi connectivity index (χ0n) is 9.82. The van der Waals surface area contributed by atoms with E-state index in [1.54, 1.807) is 0 Å². The summed E-state index contributed by atoms with van der Waals surface area (Å²) >= 11 is 0. The third-order valence-corrected chi connectivity index (χ3v) is 3.74. The second-order valence-electron chi connectivity index (χ2n) is 5.24. The van der Waals surface area contributed by atoms with Crippen LogP contribution in [-0.4, -0.2) is 17.4 Å². The van der Waals surface area contributed by atoms with E-state index in [-0.39, 0.29) is 18.3 Å². The predicted molar refractivity (Wildman–Crippen MR) is 57.1 cm³/mol. The van der Waals surface area contributed by atoms with Crippen LogP contribution < -0.4 is 0 Å². The minimum absolute atomic E-state index is 0.0419. The normalized spacial score (nSPS) is 23.1. The summed E-state index contributed by atoms with van der Waals surface area (Å²) in [5.41, 5.74) is -0.149. The lowest BCUT2D eigenvalue weighted by molar-refractivity contribution is -0.137. The van der Waals surface area contributed by atoms with E-state index in [1.165, 1.54) is 6.42 Å². The van der Waals surface area contributed by atoms with Crippen LogP contribution in [0.2, 0.25) is 0 Å². The molecule has 1 aliphatic rings. The van der Waals surface area contributed by atoms with E-state index in [2.05, 4.69) is 0 Å². The molecule has 4 heteroatoms. The lowest BCUT2D eigenvalue weighted by Crippen LogP contribution is -2.34. The standard InChI is InChI=1S/C12H21F3O/c1-11(7-3-2-4-8-11)10(16)6-5-9-12(13,14)15/h10,16H,2-9H2,1H3. The maximum atomic E-state index is 12.0. The van der Waals surface area contributed by atoms with Gasteiger partial charge in [0.15, 0.2) is 0 Å². The van der Waals surface area contributed by atoms with Crippen molar-refractivity contribution in [2.75, 3.05) is 0 Å². The Hall–Kier alpha value is -0.250. The zero-order chi connectivity index (χ0) is 12.2. The molecule has 0 bridgehead atoms. The Morgan fingerprint density at radius 2 is 1.75 bits per heavy atom. The summed E-state index contributed by atoms with van der Waals surface area (Å²) in [6, 6.07) is 0. The van der Waals surface area contributed by atoms with Gasteiger partial charge in [0.1, 0.15) is 0 Å². The molecule has 0 aromatic rings. The SMILES string of the molecule is CC1(C(O)CCCC(F)(F)F)CCCCC1. The third-order valence-electron chi connectivity index (χ3n) is 3.74. The van der Waals surface area contributed by atoms with Crippen molar-refractivity contribution in [2.24, 2.45) is 5.41 Å². The molecule has 1 unspecified atom stereocenters. The molecule has 96 valence electrons. The molecular weight excluding hydrogens is 217 g/mol. The topological polar surface area (TPSA) is 20.2 Å². The zero-order valence-corrected chi connectivity index (χ0v) is 9.82. The number of hydrogen-bond donors (Lipinski definition) is 1. The molecule has 1 atom stereocenters. The van der Waals surface area contributed by atoms with Crippen LogP contribution in [0.25, 0.3) is 0 Å². The Morgan fingerprint density at radius 3 is 2.25 bits per heavy atom. The van der Waals surface area contributed by atoms with E-state index in [4.69, 9.17) is 0 Å². The lowest BCUT2D eigenvalue weighted by Gasteiger charge is -2.38. The fourth-order valence-corrected chi connectivity index (χ4v) is 2.54. The molecule has 16 heavy (non-hydrogen) atoms. The smallest absolute Gasteiger partial charge is 0.389 e. The second kappa shape index (κ2) is 5.39. The van der Waals surface area contributed by atoms with Gasteiger partial charge in [0, 0.05) is 6.42 Å². The van der Waals surface area contributed by atoms with Crippen LogP contribution in [0, 0.1) is 5.41 Å². The van der Waals surface area contributed by atoms with E-state index in [1.807, 2.05) is 6.92 Å². The number of rotatable bonds is 4. The average molecular weight is 238 g/mol. The van der Waals surface area contributed by atoms with Gasteiger partial charge in [-0.3, -0.25) is 0 Å². The van der Waals surface area contributed by atoms with Gasteiger partial charge in [-0.2, -0.15) is 13.2 Å². The highest BCUT2D eigenvalue weighted by atomic mass is 19.4. The Balaban J connectivity index is 2.30. The van der Waals surface area contributed by atoms with Gasteiger partial charge in [-0.1, -0.05) is 26.2 Å². The van der Waals surface area contributed by atoms with Crippen molar-refractivity contribution < 1.29 is 18.3 Å². The molecule has 1 rings (SSSR count). The molecule has 0 saturated heterocycles. The Bertz CT molecular complexity index is 207. The number of halogens is 3. The van der Waals surface area contributed by atoms with Gasteiger partial charge in [-0.25, -0.2) is 0 Å². The molecule has 0 heterocycles. The molecule has 1 saturated carbocycles. The fraction of sp³-hybridized carbons (Fsp3) is 1.00. The van der Waals surface area contributed by atoms with E-state index >= 15 is 0 Å². The van der Waals surface area contributed by atoms with Gasteiger partial charge in [0.25, 0.3) is 0 Å². The monoisotopic (exact) mass is 238 g/mol.